The van der Waals surface area contributed by atoms with Crippen molar-refractivity contribution in [1.29, 1.82) is 0 Å². The van der Waals surface area contributed by atoms with Crippen LogP contribution in [0.15, 0.2) is 33.8 Å². The maximum Gasteiger partial charge on any atom is 0.231 e. The maximum atomic E-state index is 12.3. The van der Waals surface area contributed by atoms with Gasteiger partial charge in [-0.15, -0.1) is 5.10 Å². The quantitative estimate of drug-likeness (QED) is 0.636. The maximum absolute atomic E-state index is 12.3. The lowest BCUT2D eigenvalue weighted by Crippen LogP contribution is -2.28. The van der Waals surface area contributed by atoms with Crippen molar-refractivity contribution in [3.8, 4) is 5.75 Å². The van der Waals surface area contributed by atoms with Crippen LogP contribution in [0.25, 0.3) is 11.0 Å². The van der Waals surface area contributed by atoms with Gasteiger partial charge in [-0.05, 0) is 42.3 Å². The van der Waals surface area contributed by atoms with Gasteiger partial charge in [0.1, 0.15) is 5.76 Å². The Morgan fingerprint density at radius 3 is 3.12 bits per heavy atom. The predicted octanol–water partition coefficient (Wildman–Crippen LogP) is 2.73. The SMILES string of the molecule is COc1cccc2cc(C(C)NC(=O)CSc3nnnn3C3CC3)oc12. The molecule has 0 spiro atoms. The summed E-state index contributed by atoms with van der Waals surface area (Å²) in [7, 11) is 1.61. The van der Waals surface area contributed by atoms with Crippen molar-refractivity contribution in [2.75, 3.05) is 12.9 Å². The second kappa shape index (κ2) is 6.99. The van der Waals surface area contributed by atoms with Gasteiger partial charge in [-0.1, -0.05) is 23.9 Å². The molecule has 1 aliphatic rings. The number of carbonyl (C=O) groups is 1. The number of tetrazole rings is 1. The van der Waals surface area contributed by atoms with Crippen molar-refractivity contribution in [2.24, 2.45) is 0 Å². The van der Waals surface area contributed by atoms with Crippen LogP contribution in [0.3, 0.4) is 0 Å². The number of methoxy groups -OCH3 is 1. The third-order valence-corrected chi connectivity index (χ3v) is 5.17. The fourth-order valence-corrected chi connectivity index (χ4v) is 3.50. The lowest BCUT2D eigenvalue weighted by atomic mass is 10.2. The summed E-state index contributed by atoms with van der Waals surface area (Å²) in [6, 6.07) is 7.76. The third-order valence-electron chi connectivity index (χ3n) is 4.24. The standard InChI is InChI=1S/C17H19N5O3S/c1-10(14-8-11-4-3-5-13(24-2)16(11)25-14)18-15(23)9-26-17-19-20-21-22(17)12-6-7-12/h3-5,8,10,12H,6-7,9H2,1-2H3,(H,18,23). The minimum absolute atomic E-state index is 0.0970. The first-order valence-corrected chi connectivity index (χ1v) is 9.40. The first-order chi connectivity index (χ1) is 12.7. The van der Waals surface area contributed by atoms with E-state index in [1.807, 2.05) is 31.2 Å². The highest BCUT2D eigenvalue weighted by Crippen LogP contribution is 2.36. The van der Waals surface area contributed by atoms with E-state index in [1.54, 1.807) is 11.8 Å². The molecule has 1 N–H and O–H groups in total. The van der Waals surface area contributed by atoms with E-state index in [0.29, 0.717) is 28.3 Å². The van der Waals surface area contributed by atoms with E-state index in [4.69, 9.17) is 9.15 Å². The van der Waals surface area contributed by atoms with Crippen LogP contribution in [0.5, 0.6) is 5.75 Å². The second-order valence-electron chi connectivity index (χ2n) is 6.24. The number of nitrogens with zero attached hydrogens (tertiary/aromatic N) is 4. The number of aromatic nitrogens is 4. The molecule has 0 saturated heterocycles. The van der Waals surface area contributed by atoms with Crippen LogP contribution in [0.2, 0.25) is 0 Å². The Hall–Kier alpha value is -2.55. The smallest absolute Gasteiger partial charge is 0.231 e. The number of amides is 1. The fraction of sp³-hybridized carbons (Fsp3) is 0.412. The molecule has 1 amide bonds. The average molecular weight is 373 g/mol. The molecule has 0 bridgehead atoms. The van der Waals surface area contributed by atoms with E-state index in [1.165, 1.54) is 11.8 Å². The molecule has 9 heteroatoms. The number of nitrogens with one attached hydrogen (secondary N) is 1. The van der Waals surface area contributed by atoms with E-state index in [9.17, 15) is 4.79 Å². The topological polar surface area (TPSA) is 95.1 Å². The molecule has 4 rings (SSSR count). The first kappa shape index (κ1) is 16.9. The molecular formula is C17H19N5O3S. The molecule has 0 radical (unpaired) electrons. The van der Waals surface area contributed by atoms with Gasteiger partial charge in [0.25, 0.3) is 0 Å². The second-order valence-corrected chi connectivity index (χ2v) is 7.18. The van der Waals surface area contributed by atoms with Crippen molar-refractivity contribution in [3.05, 3.63) is 30.0 Å². The lowest BCUT2D eigenvalue weighted by molar-refractivity contribution is -0.119. The van der Waals surface area contributed by atoms with Gasteiger partial charge < -0.3 is 14.5 Å². The Labute approximate surface area is 154 Å². The molecular weight excluding hydrogens is 354 g/mol. The lowest BCUT2D eigenvalue weighted by Gasteiger charge is -2.11. The summed E-state index contributed by atoms with van der Waals surface area (Å²) in [4.78, 5) is 12.3. The number of para-hydroxylation sites is 1. The van der Waals surface area contributed by atoms with Crippen LogP contribution in [0, 0.1) is 0 Å². The van der Waals surface area contributed by atoms with Gasteiger partial charge in [-0.25, -0.2) is 4.68 Å². The number of furan rings is 1. The van der Waals surface area contributed by atoms with Gasteiger partial charge in [-0.2, -0.15) is 0 Å². The van der Waals surface area contributed by atoms with Gasteiger partial charge >= 0.3 is 0 Å². The van der Waals surface area contributed by atoms with Crippen LogP contribution in [-0.2, 0) is 4.79 Å². The van der Waals surface area contributed by atoms with E-state index in [-0.39, 0.29) is 17.7 Å². The minimum Gasteiger partial charge on any atom is -0.493 e. The number of rotatable bonds is 7. The molecule has 1 aliphatic carbocycles. The zero-order valence-electron chi connectivity index (χ0n) is 14.5. The van der Waals surface area contributed by atoms with Crippen LogP contribution in [-0.4, -0.2) is 39.0 Å². The van der Waals surface area contributed by atoms with Crippen molar-refractivity contribution < 1.29 is 13.9 Å². The molecule has 8 nitrogen and oxygen atoms in total. The molecule has 1 fully saturated rings. The Bertz CT molecular complexity index is 934. The molecule has 3 aromatic rings. The highest BCUT2D eigenvalue weighted by molar-refractivity contribution is 7.99. The molecule has 0 aliphatic heterocycles. The Kier molecular flexibility index (Phi) is 4.54. The number of carbonyl (C=O) groups excluding carboxylic acids is 1. The molecule has 1 saturated carbocycles. The van der Waals surface area contributed by atoms with Gasteiger partial charge in [0.15, 0.2) is 11.3 Å². The first-order valence-electron chi connectivity index (χ1n) is 8.42. The number of ether oxygens (including phenoxy) is 1. The largest absolute Gasteiger partial charge is 0.493 e. The number of fused-ring (bicyclic) bond motifs is 1. The summed E-state index contributed by atoms with van der Waals surface area (Å²) >= 11 is 1.34. The van der Waals surface area contributed by atoms with Crippen LogP contribution >= 0.6 is 11.8 Å². The van der Waals surface area contributed by atoms with Crippen molar-refractivity contribution >= 4 is 28.6 Å². The van der Waals surface area contributed by atoms with Gasteiger partial charge in [0.05, 0.1) is 24.9 Å². The van der Waals surface area contributed by atoms with Crippen molar-refractivity contribution in [2.45, 2.75) is 37.0 Å². The number of benzene rings is 1. The molecule has 1 unspecified atom stereocenters. The van der Waals surface area contributed by atoms with E-state index in [2.05, 4.69) is 20.8 Å². The van der Waals surface area contributed by atoms with Crippen molar-refractivity contribution in [1.82, 2.24) is 25.5 Å². The fourth-order valence-electron chi connectivity index (χ4n) is 2.74. The monoisotopic (exact) mass is 373 g/mol. The Morgan fingerprint density at radius 2 is 2.35 bits per heavy atom. The van der Waals surface area contributed by atoms with Crippen LogP contribution < -0.4 is 10.1 Å². The summed E-state index contributed by atoms with van der Waals surface area (Å²) in [6.07, 6.45) is 2.19. The molecule has 136 valence electrons. The summed E-state index contributed by atoms with van der Waals surface area (Å²) in [5, 5.41) is 16.2. The van der Waals surface area contributed by atoms with E-state index < -0.39 is 0 Å². The summed E-state index contributed by atoms with van der Waals surface area (Å²) in [5.74, 6) is 1.52. The van der Waals surface area contributed by atoms with Gasteiger partial charge in [0, 0.05) is 5.39 Å². The summed E-state index contributed by atoms with van der Waals surface area (Å²) in [6.45, 7) is 1.89. The summed E-state index contributed by atoms with van der Waals surface area (Å²) in [5.41, 5.74) is 0.684. The van der Waals surface area contributed by atoms with E-state index >= 15 is 0 Å². The normalized spacial score (nSPS) is 15.2. The Balaban J connectivity index is 1.38. The number of thioether (sulfide) groups is 1. The predicted molar refractivity (Wildman–Crippen MR) is 96.1 cm³/mol. The molecule has 1 atom stereocenters. The molecule has 2 aromatic heterocycles. The van der Waals surface area contributed by atoms with Gasteiger partial charge in [0.2, 0.25) is 11.1 Å². The molecule has 2 heterocycles. The Morgan fingerprint density at radius 1 is 1.50 bits per heavy atom. The average Bonchev–Trinajstić information content (AvgIpc) is 3.20. The van der Waals surface area contributed by atoms with Crippen molar-refractivity contribution in [3.63, 3.8) is 0 Å². The highest BCUT2D eigenvalue weighted by Gasteiger charge is 2.28. The summed E-state index contributed by atoms with van der Waals surface area (Å²) < 4.78 is 13.0. The third kappa shape index (κ3) is 3.39. The zero-order chi connectivity index (χ0) is 18.1. The molecule has 26 heavy (non-hydrogen) atoms. The van der Waals surface area contributed by atoms with E-state index in [0.717, 1.165) is 18.2 Å². The van der Waals surface area contributed by atoms with Crippen LogP contribution in [0.4, 0.5) is 0 Å². The minimum atomic E-state index is -0.250. The van der Waals surface area contributed by atoms with Gasteiger partial charge in [-0.3, -0.25) is 4.79 Å². The number of hydrogen-bond acceptors (Lipinski definition) is 7. The molecule has 1 aromatic carbocycles. The number of hydrogen-bond donors (Lipinski definition) is 1. The highest BCUT2D eigenvalue weighted by atomic mass is 32.2. The van der Waals surface area contributed by atoms with Crippen LogP contribution in [0.1, 0.15) is 37.6 Å². The zero-order valence-corrected chi connectivity index (χ0v) is 15.3.